The highest BCUT2D eigenvalue weighted by molar-refractivity contribution is 5.83. The third kappa shape index (κ3) is 4.27. The summed E-state index contributed by atoms with van der Waals surface area (Å²) < 4.78 is 40.2. The molecule has 0 spiro atoms. The summed E-state index contributed by atoms with van der Waals surface area (Å²) in [5.41, 5.74) is 0.221. The van der Waals surface area contributed by atoms with E-state index in [1.54, 1.807) is 10.9 Å². The first-order valence-corrected chi connectivity index (χ1v) is 11.6. The molecule has 0 unspecified atom stereocenters. The van der Waals surface area contributed by atoms with Crippen molar-refractivity contribution in [3.8, 4) is 0 Å². The summed E-state index contributed by atoms with van der Waals surface area (Å²) in [4.78, 5) is 42.4. The third-order valence-corrected chi connectivity index (χ3v) is 7.17. The molecule has 0 bridgehead atoms. The first-order valence-electron chi connectivity index (χ1n) is 11.6. The van der Waals surface area contributed by atoms with Gasteiger partial charge in [-0.15, -0.1) is 0 Å². The smallest absolute Gasteiger partial charge is 0.396 e. The zero-order chi connectivity index (χ0) is 25.4. The van der Waals surface area contributed by atoms with E-state index in [4.69, 9.17) is 0 Å². The zero-order valence-electron chi connectivity index (χ0n) is 19.0. The van der Waals surface area contributed by atoms with Crippen molar-refractivity contribution in [1.29, 1.82) is 0 Å². The fourth-order valence-corrected chi connectivity index (χ4v) is 5.29. The first-order chi connectivity index (χ1) is 17.3. The summed E-state index contributed by atoms with van der Waals surface area (Å²) >= 11 is 0. The highest BCUT2D eigenvalue weighted by Crippen LogP contribution is 2.43. The lowest BCUT2D eigenvalue weighted by Gasteiger charge is -2.19. The SMILES string of the molecule is O=C[C@@H]1[C@H](CO)C[C@@H](n2cnc3c(N[C@@H]4CCN(c5ccc(C(F)(F)F)cn5)C4)ncnc32)[C@H]1C=O. The van der Waals surface area contributed by atoms with E-state index in [9.17, 15) is 27.9 Å². The number of halogens is 3. The Morgan fingerprint density at radius 3 is 2.58 bits per heavy atom. The minimum atomic E-state index is -4.43. The number of aromatic nitrogens is 5. The topological polar surface area (TPSA) is 126 Å². The van der Waals surface area contributed by atoms with Crippen molar-refractivity contribution in [2.75, 3.05) is 29.9 Å². The molecule has 1 saturated heterocycles. The molecule has 1 aliphatic carbocycles. The maximum absolute atomic E-state index is 12.8. The average Bonchev–Trinajstić information content (AvgIpc) is 3.60. The van der Waals surface area contributed by atoms with E-state index in [0.29, 0.717) is 48.7 Å². The molecule has 1 saturated carbocycles. The second-order valence-electron chi connectivity index (χ2n) is 9.20. The van der Waals surface area contributed by atoms with Gasteiger partial charge in [-0.1, -0.05) is 0 Å². The monoisotopic (exact) mass is 503 g/mol. The van der Waals surface area contributed by atoms with Crippen molar-refractivity contribution in [2.45, 2.75) is 31.1 Å². The van der Waals surface area contributed by atoms with Crippen LogP contribution in [0.15, 0.2) is 31.0 Å². The Balaban J connectivity index is 1.33. The van der Waals surface area contributed by atoms with Gasteiger partial charge in [-0.25, -0.2) is 19.9 Å². The number of anilines is 2. The number of carbonyl (C=O) groups excluding carboxylic acids is 2. The lowest BCUT2D eigenvalue weighted by atomic mass is 9.91. The largest absolute Gasteiger partial charge is 0.417 e. The van der Waals surface area contributed by atoms with Crippen LogP contribution in [0.2, 0.25) is 0 Å². The number of carbonyl (C=O) groups is 2. The van der Waals surface area contributed by atoms with E-state index in [-0.39, 0.29) is 24.6 Å². The van der Waals surface area contributed by atoms with Crippen LogP contribution < -0.4 is 10.2 Å². The number of alkyl halides is 3. The highest BCUT2D eigenvalue weighted by atomic mass is 19.4. The van der Waals surface area contributed by atoms with E-state index in [1.807, 2.05) is 4.90 Å². The maximum Gasteiger partial charge on any atom is 0.417 e. The van der Waals surface area contributed by atoms with Crippen molar-refractivity contribution in [1.82, 2.24) is 24.5 Å². The van der Waals surface area contributed by atoms with Crippen molar-refractivity contribution < 1.29 is 27.9 Å². The zero-order valence-corrected chi connectivity index (χ0v) is 19.0. The number of nitrogens with zero attached hydrogens (tertiary/aromatic N) is 6. The molecule has 2 aliphatic rings. The van der Waals surface area contributed by atoms with E-state index < -0.39 is 23.6 Å². The number of hydrogen-bond donors (Lipinski definition) is 2. The van der Waals surface area contributed by atoms with E-state index in [0.717, 1.165) is 24.8 Å². The van der Waals surface area contributed by atoms with Crippen LogP contribution in [0.25, 0.3) is 11.2 Å². The summed E-state index contributed by atoms with van der Waals surface area (Å²) in [7, 11) is 0. The summed E-state index contributed by atoms with van der Waals surface area (Å²) in [5, 5.41) is 13.0. The van der Waals surface area contributed by atoms with Gasteiger partial charge in [0, 0.05) is 49.8 Å². The van der Waals surface area contributed by atoms with Gasteiger partial charge in [0.15, 0.2) is 11.5 Å². The summed E-state index contributed by atoms with van der Waals surface area (Å²) in [6.45, 7) is 0.932. The number of aliphatic hydroxyl groups is 1. The molecule has 4 heterocycles. The van der Waals surface area contributed by atoms with E-state index >= 15 is 0 Å². The fourth-order valence-electron chi connectivity index (χ4n) is 5.29. The summed E-state index contributed by atoms with van der Waals surface area (Å²) in [6, 6.07) is 1.98. The molecule has 0 amide bonds. The Morgan fingerprint density at radius 1 is 1.11 bits per heavy atom. The molecule has 5 atom stereocenters. The van der Waals surface area contributed by atoms with Crippen molar-refractivity contribution in [2.24, 2.45) is 17.8 Å². The standard InChI is InChI=1S/C23H24F3N7O3/c24-23(25,26)14-1-2-19(27-6-14)32-4-3-15(7-32)31-21-20-22(29-11-28-21)33(12-30-20)18-5-13(8-34)16(9-35)17(18)10-36/h1-2,6,9-13,15-18,34H,3-5,7-8H2,(H,28,29,31)/t13-,15+,16+,17-,18+/m0/s1. The Hall–Kier alpha value is -3.61. The van der Waals surface area contributed by atoms with Gasteiger partial charge in [0.1, 0.15) is 30.2 Å². The predicted octanol–water partition coefficient (Wildman–Crippen LogP) is 2.11. The van der Waals surface area contributed by atoms with Crippen LogP contribution in [0.4, 0.5) is 24.8 Å². The second kappa shape index (κ2) is 9.45. The number of aliphatic hydroxyl groups excluding tert-OH is 1. The average molecular weight is 503 g/mol. The number of nitrogens with one attached hydrogen (secondary N) is 1. The molecule has 0 aromatic carbocycles. The number of pyridine rings is 1. The Labute approximate surface area is 203 Å². The number of aldehydes is 2. The van der Waals surface area contributed by atoms with Gasteiger partial charge >= 0.3 is 6.18 Å². The number of rotatable bonds is 7. The Bertz CT molecular complexity index is 1250. The van der Waals surface area contributed by atoms with Crippen molar-refractivity contribution in [3.05, 3.63) is 36.5 Å². The van der Waals surface area contributed by atoms with Crippen molar-refractivity contribution >= 4 is 35.4 Å². The van der Waals surface area contributed by atoms with Crippen LogP contribution in [0.5, 0.6) is 0 Å². The third-order valence-electron chi connectivity index (χ3n) is 7.17. The van der Waals surface area contributed by atoms with Crippen molar-refractivity contribution in [3.63, 3.8) is 0 Å². The molecule has 190 valence electrons. The molecule has 10 nitrogen and oxygen atoms in total. The van der Waals surface area contributed by atoms with Gasteiger partial charge in [-0.3, -0.25) is 0 Å². The van der Waals surface area contributed by atoms with Gasteiger partial charge in [0.2, 0.25) is 0 Å². The maximum atomic E-state index is 12.8. The van der Waals surface area contributed by atoms with Crippen LogP contribution in [-0.4, -0.2) is 67.9 Å². The van der Waals surface area contributed by atoms with Crippen LogP contribution in [0.1, 0.15) is 24.4 Å². The molecule has 2 fully saturated rings. The Kier molecular flexibility index (Phi) is 6.33. The molecule has 36 heavy (non-hydrogen) atoms. The van der Waals surface area contributed by atoms with Gasteiger partial charge in [0.05, 0.1) is 11.9 Å². The molecule has 2 N–H and O–H groups in total. The minimum absolute atomic E-state index is 0.0511. The van der Waals surface area contributed by atoms with Crippen LogP contribution in [0, 0.1) is 17.8 Å². The predicted molar refractivity (Wildman–Crippen MR) is 122 cm³/mol. The van der Waals surface area contributed by atoms with Crippen LogP contribution in [0.3, 0.4) is 0 Å². The number of fused-ring (bicyclic) bond motifs is 1. The molecule has 3 aromatic heterocycles. The fraction of sp³-hybridized carbons (Fsp3) is 0.478. The quantitative estimate of drug-likeness (QED) is 0.466. The lowest BCUT2D eigenvalue weighted by Crippen LogP contribution is -2.27. The molecule has 3 aromatic rings. The molecule has 0 radical (unpaired) electrons. The molecular weight excluding hydrogens is 479 g/mol. The van der Waals surface area contributed by atoms with Crippen LogP contribution >= 0.6 is 0 Å². The summed E-state index contributed by atoms with van der Waals surface area (Å²) in [5.74, 6) is -0.519. The van der Waals surface area contributed by atoms with Gasteiger partial charge in [-0.2, -0.15) is 13.2 Å². The van der Waals surface area contributed by atoms with E-state index in [1.165, 1.54) is 12.4 Å². The first kappa shape index (κ1) is 24.1. The molecule has 5 rings (SSSR count). The number of imidazole rings is 1. The Morgan fingerprint density at radius 2 is 1.92 bits per heavy atom. The molecule has 1 aliphatic heterocycles. The van der Waals surface area contributed by atoms with Gasteiger partial charge in [-0.05, 0) is 30.9 Å². The van der Waals surface area contributed by atoms with E-state index in [2.05, 4.69) is 25.3 Å². The minimum Gasteiger partial charge on any atom is -0.396 e. The number of hydrogen-bond acceptors (Lipinski definition) is 9. The normalized spacial score (nSPS) is 26.4. The van der Waals surface area contributed by atoms with Gasteiger partial charge in [0.25, 0.3) is 0 Å². The molecule has 13 heteroatoms. The van der Waals surface area contributed by atoms with Crippen LogP contribution in [-0.2, 0) is 15.8 Å². The van der Waals surface area contributed by atoms with Gasteiger partial charge < -0.3 is 29.5 Å². The lowest BCUT2D eigenvalue weighted by molar-refractivity contribution is -0.137. The second-order valence-corrected chi connectivity index (χ2v) is 9.20. The summed E-state index contributed by atoms with van der Waals surface area (Å²) in [6.07, 6.45) is 2.01. The highest BCUT2D eigenvalue weighted by Gasteiger charge is 2.44. The molecular formula is C23H24F3N7O3.